The molecule has 0 unspecified atom stereocenters. The maximum atomic E-state index is 13.8. The Labute approximate surface area is 91.8 Å². The summed E-state index contributed by atoms with van der Waals surface area (Å²) < 4.78 is 27.1. The van der Waals surface area contributed by atoms with Gasteiger partial charge in [0.05, 0.1) is 11.1 Å². The summed E-state index contributed by atoms with van der Waals surface area (Å²) in [5, 5.41) is 0. The monoisotopic (exact) mass is 226 g/mol. The lowest BCUT2D eigenvalue weighted by Gasteiger charge is -2.16. The summed E-state index contributed by atoms with van der Waals surface area (Å²) in [4.78, 5) is 13.0. The van der Waals surface area contributed by atoms with Crippen molar-refractivity contribution in [2.45, 2.75) is 19.3 Å². The first-order chi connectivity index (χ1) is 7.28. The Bertz CT molecular complexity index is 497. The summed E-state index contributed by atoms with van der Waals surface area (Å²) in [6, 6.07) is 1.13. The van der Waals surface area contributed by atoms with Crippen molar-refractivity contribution in [2.75, 3.05) is 17.7 Å². The van der Waals surface area contributed by atoms with Crippen LogP contribution in [0.3, 0.4) is 0 Å². The highest BCUT2D eigenvalue weighted by atomic mass is 19.1. The second kappa shape index (κ2) is 2.93. The molecule has 2 rings (SSSR count). The average Bonchev–Trinajstić information content (AvgIpc) is 2.37. The van der Waals surface area contributed by atoms with Gasteiger partial charge in [0.25, 0.3) is 0 Å². The number of carbonyl (C=O) groups is 1. The first kappa shape index (κ1) is 10.9. The van der Waals surface area contributed by atoms with E-state index in [4.69, 9.17) is 5.73 Å². The van der Waals surface area contributed by atoms with Crippen LogP contribution in [0.25, 0.3) is 0 Å². The molecule has 0 spiro atoms. The van der Waals surface area contributed by atoms with Crippen molar-refractivity contribution in [3.8, 4) is 0 Å². The standard InChI is InChI=1S/C11H12F2N2O/c1-11(2)5-4-6(12)8(14)7(13)9(5)15(3)10(11)16/h4H,14H2,1-3H3. The van der Waals surface area contributed by atoms with Gasteiger partial charge in [-0.3, -0.25) is 4.79 Å². The third kappa shape index (κ3) is 1.08. The lowest BCUT2D eigenvalue weighted by atomic mass is 9.86. The zero-order valence-electron chi connectivity index (χ0n) is 9.27. The minimum Gasteiger partial charge on any atom is -0.394 e. The molecule has 0 atom stereocenters. The van der Waals surface area contributed by atoms with E-state index in [-0.39, 0.29) is 11.6 Å². The fourth-order valence-corrected chi connectivity index (χ4v) is 2.06. The van der Waals surface area contributed by atoms with Crippen LogP contribution < -0.4 is 10.6 Å². The molecule has 86 valence electrons. The summed E-state index contributed by atoms with van der Waals surface area (Å²) in [6.45, 7) is 3.26. The Hall–Kier alpha value is -1.65. The van der Waals surface area contributed by atoms with Crippen molar-refractivity contribution in [1.82, 2.24) is 0 Å². The molecular formula is C11H12F2N2O. The van der Waals surface area contributed by atoms with Crippen molar-refractivity contribution in [3.63, 3.8) is 0 Å². The normalized spacial score (nSPS) is 17.8. The van der Waals surface area contributed by atoms with Crippen molar-refractivity contribution in [1.29, 1.82) is 0 Å². The third-order valence-electron chi connectivity index (χ3n) is 3.08. The predicted molar refractivity (Wildman–Crippen MR) is 57.2 cm³/mol. The molecule has 1 amide bonds. The van der Waals surface area contributed by atoms with E-state index in [1.165, 1.54) is 11.9 Å². The van der Waals surface area contributed by atoms with Gasteiger partial charge in [0, 0.05) is 7.05 Å². The topological polar surface area (TPSA) is 46.3 Å². The predicted octanol–water partition coefficient (Wildman–Crippen LogP) is 1.80. The van der Waals surface area contributed by atoms with E-state index < -0.39 is 22.7 Å². The van der Waals surface area contributed by atoms with Crippen LogP contribution in [0.2, 0.25) is 0 Å². The molecule has 16 heavy (non-hydrogen) atoms. The number of halogens is 2. The van der Waals surface area contributed by atoms with Crippen molar-refractivity contribution < 1.29 is 13.6 Å². The van der Waals surface area contributed by atoms with Crippen LogP contribution >= 0.6 is 0 Å². The third-order valence-corrected chi connectivity index (χ3v) is 3.08. The molecule has 0 radical (unpaired) electrons. The SMILES string of the molecule is CN1C(=O)C(C)(C)c2cc(F)c(N)c(F)c21. The molecule has 0 saturated heterocycles. The van der Waals surface area contributed by atoms with Gasteiger partial charge in [0.2, 0.25) is 5.91 Å². The lowest BCUT2D eigenvalue weighted by molar-refractivity contribution is -0.121. The second-order valence-corrected chi connectivity index (χ2v) is 4.47. The molecule has 1 aliphatic rings. The molecule has 1 aromatic rings. The number of nitrogens with zero attached hydrogens (tertiary/aromatic N) is 1. The van der Waals surface area contributed by atoms with Crippen LogP contribution in [0.5, 0.6) is 0 Å². The summed E-state index contributed by atoms with van der Waals surface area (Å²) in [7, 11) is 1.45. The number of carbonyl (C=O) groups excluding carboxylic acids is 1. The van der Waals surface area contributed by atoms with E-state index in [0.717, 1.165) is 6.07 Å². The van der Waals surface area contributed by atoms with Gasteiger partial charge in [-0.15, -0.1) is 0 Å². The van der Waals surface area contributed by atoms with Crippen LogP contribution in [0.15, 0.2) is 6.07 Å². The van der Waals surface area contributed by atoms with Gasteiger partial charge < -0.3 is 10.6 Å². The van der Waals surface area contributed by atoms with E-state index in [9.17, 15) is 13.6 Å². The minimum absolute atomic E-state index is 0.0777. The Morgan fingerprint density at radius 2 is 1.94 bits per heavy atom. The van der Waals surface area contributed by atoms with Gasteiger partial charge in [-0.1, -0.05) is 0 Å². The number of likely N-dealkylation sites (N-methyl/N-ethyl adjacent to an activating group) is 1. The first-order valence-corrected chi connectivity index (χ1v) is 4.84. The van der Waals surface area contributed by atoms with Crippen LogP contribution in [-0.2, 0) is 10.2 Å². The maximum Gasteiger partial charge on any atom is 0.236 e. The summed E-state index contributed by atoms with van der Waals surface area (Å²) >= 11 is 0. The Balaban J connectivity index is 2.83. The van der Waals surface area contributed by atoms with E-state index >= 15 is 0 Å². The summed E-state index contributed by atoms with van der Waals surface area (Å²) in [5.41, 5.74) is 4.22. The van der Waals surface area contributed by atoms with E-state index in [2.05, 4.69) is 0 Å². The number of hydrogen-bond acceptors (Lipinski definition) is 2. The van der Waals surface area contributed by atoms with E-state index in [0.29, 0.717) is 5.56 Å². The highest BCUT2D eigenvalue weighted by molar-refractivity contribution is 6.07. The van der Waals surface area contributed by atoms with Gasteiger partial charge in [0.1, 0.15) is 11.5 Å². The molecule has 0 bridgehead atoms. The fraction of sp³-hybridized carbons (Fsp3) is 0.364. The molecule has 0 aromatic heterocycles. The number of rotatable bonds is 0. The first-order valence-electron chi connectivity index (χ1n) is 4.84. The van der Waals surface area contributed by atoms with Gasteiger partial charge >= 0.3 is 0 Å². The van der Waals surface area contributed by atoms with Gasteiger partial charge in [0.15, 0.2) is 5.82 Å². The molecule has 5 heteroatoms. The second-order valence-electron chi connectivity index (χ2n) is 4.47. The smallest absolute Gasteiger partial charge is 0.236 e. The number of hydrogen-bond donors (Lipinski definition) is 1. The number of anilines is 2. The highest BCUT2D eigenvalue weighted by Gasteiger charge is 2.44. The minimum atomic E-state index is -0.917. The Morgan fingerprint density at radius 1 is 1.38 bits per heavy atom. The molecule has 2 N–H and O–H groups in total. The molecule has 0 aliphatic carbocycles. The number of benzene rings is 1. The quantitative estimate of drug-likeness (QED) is 0.686. The Kier molecular flexibility index (Phi) is 1.99. The zero-order chi connectivity index (χ0) is 12.2. The van der Waals surface area contributed by atoms with Crippen molar-refractivity contribution >= 4 is 17.3 Å². The van der Waals surface area contributed by atoms with Crippen LogP contribution in [-0.4, -0.2) is 13.0 Å². The maximum absolute atomic E-state index is 13.8. The van der Waals surface area contributed by atoms with Gasteiger partial charge in [-0.25, -0.2) is 8.78 Å². The zero-order valence-corrected chi connectivity index (χ0v) is 9.27. The van der Waals surface area contributed by atoms with Crippen molar-refractivity contribution in [3.05, 3.63) is 23.3 Å². The van der Waals surface area contributed by atoms with Crippen LogP contribution in [0.4, 0.5) is 20.2 Å². The number of amides is 1. The lowest BCUT2D eigenvalue weighted by Crippen LogP contribution is -2.33. The molecule has 1 aromatic carbocycles. The number of nitrogen functional groups attached to an aromatic ring is 1. The number of fused-ring (bicyclic) bond motifs is 1. The Morgan fingerprint density at radius 3 is 2.50 bits per heavy atom. The molecule has 1 aliphatic heterocycles. The fourth-order valence-electron chi connectivity index (χ4n) is 2.06. The van der Waals surface area contributed by atoms with Gasteiger partial charge in [-0.05, 0) is 25.5 Å². The summed E-state index contributed by atoms with van der Waals surface area (Å²) in [5.74, 6) is -1.96. The largest absolute Gasteiger partial charge is 0.394 e. The molecule has 1 heterocycles. The van der Waals surface area contributed by atoms with Crippen molar-refractivity contribution in [2.24, 2.45) is 0 Å². The van der Waals surface area contributed by atoms with Crippen LogP contribution in [0.1, 0.15) is 19.4 Å². The summed E-state index contributed by atoms with van der Waals surface area (Å²) in [6.07, 6.45) is 0. The number of nitrogens with two attached hydrogens (primary N) is 1. The van der Waals surface area contributed by atoms with E-state index in [1.54, 1.807) is 13.8 Å². The molecule has 0 saturated carbocycles. The van der Waals surface area contributed by atoms with Gasteiger partial charge in [-0.2, -0.15) is 0 Å². The highest BCUT2D eigenvalue weighted by Crippen LogP contribution is 2.44. The van der Waals surface area contributed by atoms with E-state index in [1.807, 2.05) is 0 Å². The molecule has 3 nitrogen and oxygen atoms in total. The molecular weight excluding hydrogens is 214 g/mol. The van der Waals surface area contributed by atoms with Crippen LogP contribution in [0, 0.1) is 11.6 Å². The molecule has 0 fully saturated rings. The average molecular weight is 226 g/mol.